The van der Waals surface area contributed by atoms with Crippen molar-refractivity contribution >= 4 is 22.7 Å². The van der Waals surface area contributed by atoms with Crippen LogP contribution in [-0.4, -0.2) is 0 Å². The summed E-state index contributed by atoms with van der Waals surface area (Å²) in [5.74, 6) is 1.84. The number of aryl methyl sites for hydroxylation is 6. The molecule has 0 aromatic heterocycles. The molecule has 0 N–H and O–H groups in total. The molecule has 0 amide bonds. The minimum Gasteiger partial charge on any atom is -0.107 e. The van der Waals surface area contributed by atoms with Crippen molar-refractivity contribution in [3.63, 3.8) is 0 Å². The molecular formula is C30H36Cl. The van der Waals surface area contributed by atoms with Crippen LogP contribution in [0.25, 0.3) is 11.1 Å². The van der Waals surface area contributed by atoms with Gasteiger partial charge in [-0.05, 0) is 92.3 Å². The summed E-state index contributed by atoms with van der Waals surface area (Å²) in [6.07, 6.45) is 0. The second kappa shape index (κ2) is 8.85. The molecule has 1 aliphatic rings. The van der Waals surface area contributed by atoms with Crippen LogP contribution in [0.5, 0.6) is 0 Å². The van der Waals surface area contributed by atoms with Gasteiger partial charge in [-0.15, -0.1) is 5.73 Å². The Bertz CT molecular complexity index is 1080. The van der Waals surface area contributed by atoms with Gasteiger partial charge in [0.2, 0.25) is 0 Å². The molecule has 0 atom stereocenters. The molecule has 0 fully saturated rings. The second-order valence-corrected chi connectivity index (χ2v) is 10.3. The summed E-state index contributed by atoms with van der Waals surface area (Å²) in [6, 6.07) is 9.08. The molecule has 0 aliphatic heterocycles. The average Bonchev–Trinajstić information content (AvgIpc) is 2.58. The first-order chi connectivity index (χ1) is 14.4. The van der Waals surface area contributed by atoms with Gasteiger partial charge >= 0.3 is 0 Å². The Balaban J connectivity index is 2.51. The first-order valence-electron chi connectivity index (χ1n) is 11.4. The molecule has 2 aromatic carbocycles. The molecule has 0 bridgehead atoms. The highest BCUT2D eigenvalue weighted by Crippen LogP contribution is 2.50. The van der Waals surface area contributed by atoms with Crippen molar-refractivity contribution in [2.75, 3.05) is 0 Å². The largest absolute Gasteiger partial charge is 0.107 e. The van der Waals surface area contributed by atoms with Gasteiger partial charge in [0.25, 0.3) is 0 Å². The molecule has 2 aromatic rings. The molecule has 1 aliphatic carbocycles. The molecule has 0 nitrogen and oxygen atoms in total. The van der Waals surface area contributed by atoms with E-state index in [0.29, 0.717) is 11.8 Å². The summed E-state index contributed by atoms with van der Waals surface area (Å²) in [5, 5.41) is 0.910. The highest BCUT2D eigenvalue weighted by Gasteiger charge is 2.34. The molecule has 0 saturated heterocycles. The molecule has 31 heavy (non-hydrogen) atoms. The molecule has 3 rings (SSSR count). The molecule has 163 valence electrons. The van der Waals surface area contributed by atoms with E-state index in [1.54, 1.807) is 0 Å². The minimum absolute atomic E-state index is 0.311. The zero-order valence-corrected chi connectivity index (χ0v) is 21.6. The van der Waals surface area contributed by atoms with Gasteiger partial charge in [0.1, 0.15) is 0 Å². The lowest BCUT2D eigenvalue weighted by Crippen LogP contribution is -2.18. The predicted octanol–water partition coefficient (Wildman–Crippen LogP) is 9.00. The normalized spacial score (nSPS) is 15.1. The van der Waals surface area contributed by atoms with Crippen LogP contribution in [0.2, 0.25) is 0 Å². The third-order valence-electron chi connectivity index (χ3n) is 6.27. The fourth-order valence-electron chi connectivity index (χ4n) is 5.25. The van der Waals surface area contributed by atoms with Gasteiger partial charge in [-0.2, -0.15) is 0 Å². The Kier molecular flexibility index (Phi) is 6.75. The number of benzene rings is 2. The lowest BCUT2D eigenvalue weighted by Gasteiger charge is -2.32. The fourth-order valence-corrected chi connectivity index (χ4v) is 5.88. The second-order valence-electron chi connectivity index (χ2n) is 9.87. The smallest absolute Gasteiger partial charge is 0.0570 e. The van der Waals surface area contributed by atoms with Crippen molar-refractivity contribution in [3.05, 3.63) is 91.0 Å². The summed E-state index contributed by atoms with van der Waals surface area (Å²) in [6.45, 7) is 22.1. The van der Waals surface area contributed by atoms with Crippen LogP contribution in [0.15, 0.2) is 40.6 Å². The van der Waals surface area contributed by atoms with Gasteiger partial charge in [0, 0.05) is 16.2 Å². The van der Waals surface area contributed by atoms with Crippen molar-refractivity contribution < 1.29 is 0 Å². The van der Waals surface area contributed by atoms with Crippen LogP contribution in [0.3, 0.4) is 0 Å². The first-order valence-corrected chi connectivity index (χ1v) is 11.8. The topological polar surface area (TPSA) is 0 Å². The van der Waals surface area contributed by atoms with E-state index in [9.17, 15) is 0 Å². The van der Waals surface area contributed by atoms with E-state index >= 15 is 0 Å². The molecule has 0 unspecified atom stereocenters. The third kappa shape index (κ3) is 4.34. The Morgan fingerprint density at radius 1 is 0.613 bits per heavy atom. The Hall–Kier alpha value is -2.01. The van der Waals surface area contributed by atoms with Crippen molar-refractivity contribution in [1.29, 1.82) is 0 Å². The molecule has 0 spiro atoms. The predicted molar refractivity (Wildman–Crippen MR) is 137 cm³/mol. The Morgan fingerprint density at radius 2 is 1.00 bits per heavy atom. The van der Waals surface area contributed by atoms with Gasteiger partial charge in [0.15, 0.2) is 0 Å². The van der Waals surface area contributed by atoms with Crippen LogP contribution in [0, 0.1) is 59.3 Å². The first kappa shape index (κ1) is 23.6. The van der Waals surface area contributed by atoms with E-state index in [1.807, 2.05) is 0 Å². The van der Waals surface area contributed by atoms with Crippen molar-refractivity contribution in [2.24, 2.45) is 11.8 Å². The molecule has 0 saturated carbocycles. The molecule has 1 radical (unpaired) electrons. The number of rotatable bonds is 4. The summed E-state index contributed by atoms with van der Waals surface area (Å²) >= 11 is 7.26. The maximum Gasteiger partial charge on any atom is 0.0570 e. The molecular weight excluding hydrogens is 396 g/mol. The zero-order chi connectivity index (χ0) is 23.2. The van der Waals surface area contributed by atoms with Crippen LogP contribution in [-0.2, 0) is 0 Å². The highest BCUT2D eigenvalue weighted by atomic mass is 35.5. The average molecular weight is 432 g/mol. The SMILES string of the molecule is Cc1cc(C)c(C2=C=C(c3c(C)cc(C)cc3C)C(C(C)C)=C(Cl)[C]2C(C)C)c(C)c1. The van der Waals surface area contributed by atoms with Crippen LogP contribution in [0.4, 0.5) is 0 Å². The van der Waals surface area contributed by atoms with Crippen LogP contribution in [0.1, 0.15) is 72.2 Å². The number of hydrogen-bond acceptors (Lipinski definition) is 0. The van der Waals surface area contributed by atoms with E-state index < -0.39 is 0 Å². The standard InChI is InChI=1S/C30H36Cl/c1-16(2)26-24(28-20(7)11-18(5)12-21(28)8)15-25(27(17(3)4)30(26)31)29-22(9)13-19(6)14-23(29)10/h11-14,16-17H,1-10H3. The zero-order valence-electron chi connectivity index (χ0n) is 20.8. The van der Waals surface area contributed by atoms with Crippen molar-refractivity contribution in [3.8, 4) is 0 Å². The van der Waals surface area contributed by atoms with Crippen LogP contribution < -0.4 is 0 Å². The fraction of sp³-hybridized carbons (Fsp3) is 0.400. The van der Waals surface area contributed by atoms with E-state index in [-0.39, 0.29) is 0 Å². The number of halogens is 1. The lowest BCUT2D eigenvalue weighted by molar-refractivity contribution is 0.715. The Labute approximate surface area is 194 Å². The van der Waals surface area contributed by atoms with Gasteiger partial charge in [0.05, 0.1) is 5.92 Å². The summed E-state index contributed by atoms with van der Waals surface area (Å²) in [5.41, 5.74) is 17.7. The van der Waals surface area contributed by atoms with Gasteiger partial charge in [-0.3, -0.25) is 0 Å². The monoisotopic (exact) mass is 431 g/mol. The Morgan fingerprint density at radius 3 is 1.35 bits per heavy atom. The van der Waals surface area contributed by atoms with Crippen LogP contribution >= 0.6 is 11.6 Å². The summed E-state index contributed by atoms with van der Waals surface area (Å²) in [7, 11) is 0. The van der Waals surface area contributed by atoms with E-state index in [1.165, 1.54) is 56.0 Å². The number of allylic oxidation sites excluding steroid dienone is 3. The maximum absolute atomic E-state index is 7.26. The lowest BCUT2D eigenvalue weighted by atomic mass is 9.73. The number of hydrogen-bond donors (Lipinski definition) is 0. The third-order valence-corrected chi connectivity index (χ3v) is 6.68. The van der Waals surface area contributed by atoms with Crippen molar-refractivity contribution in [1.82, 2.24) is 0 Å². The van der Waals surface area contributed by atoms with Crippen molar-refractivity contribution in [2.45, 2.75) is 69.2 Å². The summed E-state index contributed by atoms with van der Waals surface area (Å²) in [4.78, 5) is 0. The van der Waals surface area contributed by atoms with Gasteiger partial charge < -0.3 is 0 Å². The molecule has 1 heteroatoms. The van der Waals surface area contributed by atoms with E-state index in [2.05, 4.69) is 99.2 Å². The minimum atomic E-state index is 0.311. The van der Waals surface area contributed by atoms with E-state index in [4.69, 9.17) is 11.6 Å². The highest BCUT2D eigenvalue weighted by molar-refractivity contribution is 6.35. The molecule has 0 heterocycles. The maximum atomic E-state index is 7.26. The summed E-state index contributed by atoms with van der Waals surface area (Å²) < 4.78 is 0. The van der Waals surface area contributed by atoms with Gasteiger partial charge in [-0.1, -0.05) is 74.7 Å². The quantitative estimate of drug-likeness (QED) is 0.423. The van der Waals surface area contributed by atoms with Gasteiger partial charge in [-0.25, -0.2) is 0 Å². The van der Waals surface area contributed by atoms with E-state index in [0.717, 1.165) is 16.2 Å².